The molecule has 0 atom stereocenters. The van der Waals surface area contributed by atoms with Gasteiger partial charge in [0.25, 0.3) is 0 Å². The van der Waals surface area contributed by atoms with Crippen LogP contribution in [0, 0.1) is 0 Å². The van der Waals surface area contributed by atoms with Crippen LogP contribution in [0.15, 0.2) is 42.5 Å². The number of hydrogen-bond donors (Lipinski definition) is 2. The smallest absolute Gasteiger partial charge is 0.342 e. The third-order valence-electron chi connectivity index (χ3n) is 4.01. The lowest BCUT2D eigenvalue weighted by atomic mass is 10.2. The molecule has 0 unspecified atom stereocenters. The van der Waals surface area contributed by atoms with Crippen molar-refractivity contribution in [2.75, 3.05) is 32.4 Å². The SMILES string of the molecule is COc1ccc(OC)c(C(=O)OCc2nc(N)nc(Nc3ccccc3OC)n2)c1. The second-order valence-corrected chi connectivity index (χ2v) is 5.90. The van der Waals surface area contributed by atoms with Crippen molar-refractivity contribution in [2.24, 2.45) is 0 Å². The molecule has 2 aromatic carbocycles. The van der Waals surface area contributed by atoms with E-state index in [0.717, 1.165) is 0 Å². The van der Waals surface area contributed by atoms with Gasteiger partial charge >= 0.3 is 5.97 Å². The lowest BCUT2D eigenvalue weighted by Gasteiger charge is -2.12. The first kappa shape index (κ1) is 20.6. The topological polar surface area (TPSA) is 131 Å². The maximum Gasteiger partial charge on any atom is 0.342 e. The quantitative estimate of drug-likeness (QED) is 0.533. The Labute approximate surface area is 173 Å². The zero-order valence-electron chi connectivity index (χ0n) is 16.7. The van der Waals surface area contributed by atoms with E-state index < -0.39 is 5.97 Å². The summed E-state index contributed by atoms with van der Waals surface area (Å²) in [6.45, 7) is -0.216. The van der Waals surface area contributed by atoms with Crippen LogP contribution >= 0.6 is 0 Å². The highest BCUT2D eigenvalue weighted by atomic mass is 16.5. The Kier molecular flexibility index (Phi) is 6.48. The summed E-state index contributed by atoms with van der Waals surface area (Å²) in [6.07, 6.45) is 0. The minimum atomic E-state index is -0.621. The molecule has 30 heavy (non-hydrogen) atoms. The van der Waals surface area contributed by atoms with Crippen LogP contribution in [-0.4, -0.2) is 42.3 Å². The number of aromatic nitrogens is 3. The van der Waals surface area contributed by atoms with E-state index in [-0.39, 0.29) is 29.9 Å². The molecule has 0 saturated carbocycles. The van der Waals surface area contributed by atoms with E-state index in [4.69, 9.17) is 24.7 Å². The number of rotatable bonds is 8. The Bertz CT molecular complexity index is 1040. The van der Waals surface area contributed by atoms with Gasteiger partial charge in [-0.3, -0.25) is 0 Å². The second-order valence-electron chi connectivity index (χ2n) is 5.90. The molecule has 1 aromatic heterocycles. The number of para-hydroxylation sites is 2. The van der Waals surface area contributed by atoms with Gasteiger partial charge in [0.2, 0.25) is 11.9 Å². The van der Waals surface area contributed by atoms with Crippen molar-refractivity contribution < 1.29 is 23.7 Å². The van der Waals surface area contributed by atoms with Crippen LogP contribution in [-0.2, 0) is 11.3 Å². The summed E-state index contributed by atoms with van der Waals surface area (Å²) in [5.41, 5.74) is 6.64. The van der Waals surface area contributed by atoms with Crippen LogP contribution in [0.1, 0.15) is 16.2 Å². The lowest BCUT2D eigenvalue weighted by Crippen LogP contribution is -2.12. The molecule has 0 saturated heterocycles. The van der Waals surface area contributed by atoms with Gasteiger partial charge in [0.15, 0.2) is 12.4 Å². The minimum absolute atomic E-state index is 0.0209. The number of nitrogens with one attached hydrogen (secondary N) is 1. The number of esters is 1. The van der Waals surface area contributed by atoms with E-state index >= 15 is 0 Å². The third-order valence-corrected chi connectivity index (χ3v) is 4.01. The van der Waals surface area contributed by atoms with E-state index in [2.05, 4.69) is 20.3 Å². The molecule has 3 aromatic rings. The summed E-state index contributed by atoms with van der Waals surface area (Å²) in [7, 11) is 4.52. The monoisotopic (exact) mass is 411 g/mol. The second kappa shape index (κ2) is 9.41. The van der Waals surface area contributed by atoms with E-state index in [1.807, 2.05) is 12.1 Å². The molecule has 0 aliphatic carbocycles. The predicted octanol–water partition coefficient (Wildman–Crippen LogP) is 2.58. The average Bonchev–Trinajstić information content (AvgIpc) is 2.77. The standard InChI is InChI=1S/C20H21N5O5/c1-27-12-8-9-15(28-2)13(10-12)18(26)30-11-17-23-19(21)25-20(24-17)22-14-6-4-5-7-16(14)29-3/h4-10H,11H2,1-3H3,(H3,21,22,23,24,25). The van der Waals surface area contributed by atoms with Gasteiger partial charge in [-0.25, -0.2) is 4.79 Å². The summed E-state index contributed by atoms with van der Waals surface area (Å²) in [5.74, 6) is 1.18. The molecule has 0 fully saturated rings. The number of hydrogen-bond acceptors (Lipinski definition) is 10. The first-order valence-corrected chi connectivity index (χ1v) is 8.83. The van der Waals surface area contributed by atoms with Crippen molar-refractivity contribution in [1.29, 1.82) is 0 Å². The maximum atomic E-state index is 12.5. The fourth-order valence-electron chi connectivity index (χ4n) is 2.61. The van der Waals surface area contributed by atoms with Gasteiger partial charge in [0, 0.05) is 0 Å². The number of ether oxygens (including phenoxy) is 4. The van der Waals surface area contributed by atoms with Gasteiger partial charge in [-0.05, 0) is 30.3 Å². The fraction of sp³-hybridized carbons (Fsp3) is 0.200. The predicted molar refractivity (Wildman–Crippen MR) is 109 cm³/mol. The molecule has 0 radical (unpaired) electrons. The molecule has 156 valence electrons. The van der Waals surface area contributed by atoms with Gasteiger partial charge in [-0.1, -0.05) is 12.1 Å². The Morgan fingerprint density at radius 3 is 2.47 bits per heavy atom. The lowest BCUT2D eigenvalue weighted by molar-refractivity contribution is 0.0458. The molecular formula is C20H21N5O5. The number of carbonyl (C=O) groups is 1. The Morgan fingerprint density at radius 1 is 0.967 bits per heavy atom. The summed E-state index contributed by atoms with van der Waals surface area (Å²) in [6, 6.07) is 12.1. The zero-order chi connectivity index (χ0) is 21.5. The summed E-state index contributed by atoms with van der Waals surface area (Å²) in [4.78, 5) is 24.8. The molecule has 0 bridgehead atoms. The van der Waals surface area contributed by atoms with Gasteiger partial charge in [-0.15, -0.1) is 0 Å². The van der Waals surface area contributed by atoms with Gasteiger partial charge in [-0.2, -0.15) is 15.0 Å². The number of nitrogens with two attached hydrogens (primary N) is 1. The van der Waals surface area contributed by atoms with Crippen molar-refractivity contribution in [1.82, 2.24) is 15.0 Å². The third kappa shape index (κ3) is 4.85. The molecule has 3 rings (SSSR count). The van der Waals surface area contributed by atoms with Crippen LogP contribution in [0.4, 0.5) is 17.6 Å². The Morgan fingerprint density at radius 2 is 1.73 bits per heavy atom. The number of nitrogen functional groups attached to an aromatic ring is 1. The molecule has 0 aliphatic rings. The molecule has 10 heteroatoms. The summed E-state index contributed by atoms with van der Waals surface area (Å²) >= 11 is 0. The number of benzene rings is 2. The van der Waals surface area contributed by atoms with Crippen molar-refractivity contribution in [3.63, 3.8) is 0 Å². The van der Waals surface area contributed by atoms with Crippen molar-refractivity contribution in [2.45, 2.75) is 6.61 Å². The number of nitrogens with zero attached hydrogens (tertiary/aromatic N) is 3. The van der Waals surface area contributed by atoms with Crippen LogP contribution in [0.25, 0.3) is 0 Å². The highest BCUT2D eigenvalue weighted by molar-refractivity contribution is 5.93. The van der Waals surface area contributed by atoms with Gasteiger partial charge in [0.05, 0.1) is 27.0 Å². The van der Waals surface area contributed by atoms with Gasteiger partial charge < -0.3 is 30.0 Å². The number of carbonyl (C=O) groups excluding carboxylic acids is 1. The molecule has 10 nitrogen and oxygen atoms in total. The highest BCUT2D eigenvalue weighted by Gasteiger charge is 2.17. The van der Waals surface area contributed by atoms with Crippen molar-refractivity contribution in [3.05, 3.63) is 53.9 Å². The number of methoxy groups -OCH3 is 3. The molecule has 0 aliphatic heterocycles. The summed E-state index contributed by atoms with van der Waals surface area (Å²) in [5, 5.41) is 3.01. The van der Waals surface area contributed by atoms with Crippen molar-refractivity contribution in [3.8, 4) is 17.2 Å². The molecule has 0 spiro atoms. The average molecular weight is 411 g/mol. The molecule has 1 heterocycles. The van der Waals surface area contributed by atoms with Crippen LogP contribution in [0.2, 0.25) is 0 Å². The minimum Gasteiger partial charge on any atom is -0.497 e. The van der Waals surface area contributed by atoms with E-state index in [1.165, 1.54) is 20.3 Å². The van der Waals surface area contributed by atoms with Crippen molar-refractivity contribution >= 4 is 23.6 Å². The number of anilines is 3. The Balaban J connectivity index is 1.75. The summed E-state index contributed by atoms with van der Waals surface area (Å²) < 4.78 is 21.0. The highest BCUT2D eigenvalue weighted by Crippen LogP contribution is 2.26. The molecular weight excluding hydrogens is 390 g/mol. The van der Waals surface area contributed by atoms with Crippen LogP contribution in [0.3, 0.4) is 0 Å². The van der Waals surface area contributed by atoms with Crippen LogP contribution in [0.5, 0.6) is 17.2 Å². The van der Waals surface area contributed by atoms with E-state index in [0.29, 0.717) is 22.9 Å². The Hall–Kier alpha value is -4.08. The van der Waals surface area contributed by atoms with E-state index in [1.54, 1.807) is 31.4 Å². The fourth-order valence-corrected chi connectivity index (χ4v) is 2.61. The first-order chi connectivity index (χ1) is 14.5. The molecule has 0 amide bonds. The normalized spacial score (nSPS) is 10.2. The van der Waals surface area contributed by atoms with Gasteiger partial charge in [0.1, 0.15) is 22.8 Å². The molecule has 3 N–H and O–H groups in total. The largest absolute Gasteiger partial charge is 0.497 e. The maximum absolute atomic E-state index is 12.5. The van der Waals surface area contributed by atoms with E-state index in [9.17, 15) is 4.79 Å². The first-order valence-electron chi connectivity index (χ1n) is 8.83. The van der Waals surface area contributed by atoms with Crippen LogP contribution < -0.4 is 25.3 Å². The zero-order valence-corrected chi connectivity index (χ0v) is 16.7.